The summed E-state index contributed by atoms with van der Waals surface area (Å²) in [5.41, 5.74) is 0. The molecule has 6 nitrogen and oxygen atoms in total. The predicted molar refractivity (Wildman–Crippen MR) is 67.1 cm³/mol. The molecule has 19 heavy (non-hydrogen) atoms. The Morgan fingerprint density at radius 2 is 1.84 bits per heavy atom. The molecule has 0 bridgehead atoms. The average Bonchev–Trinajstić information content (AvgIpc) is 3.07. The van der Waals surface area contributed by atoms with Crippen LogP contribution in [0.25, 0.3) is 0 Å². The van der Waals surface area contributed by atoms with Crippen LogP contribution in [0, 0.1) is 11.8 Å². The van der Waals surface area contributed by atoms with Crippen LogP contribution in [0.1, 0.15) is 33.6 Å². The summed E-state index contributed by atoms with van der Waals surface area (Å²) in [5.74, 6) is -1.03. The molecule has 1 amide bonds. The summed E-state index contributed by atoms with van der Waals surface area (Å²) < 4.78 is 9.83. The number of hydrogen-bond donors (Lipinski definition) is 1. The van der Waals surface area contributed by atoms with Gasteiger partial charge in [-0.3, -0.25) is 9.59 Å². The lowest BCUT2D eigenvalue weighted by Crippen LogP contribution is -2.41. The van der Waals surface area contributed by atoms with E-state index in [2.05, 4.69) is 5.32 Å². The van der Waals surface area contributed by atoms with Crippen molar-refractivity contribution in [2.75, 3.05) is 13.2 Å². The second-order valence-corrected chi connectivity index (χ2v) is 4.60. The molecule has 0 aromatic carbocycles. The topological polar surface area (TPSA) is 81.7 Å². The van der Waals surface area contributed by atoms with Crippen LogP contribution in [0.3, 0.4) is 0 Å². The summed E-state index contributed by atoms with van der Waals surface area (Å²) >= 11 is 0. The van der Waals surface area contributed by atoms with Gasteiger partial charge in [0.2, 0.25) is 5.91 Å². The second-order valence-electron chi connectivity index (χ2n) is 4.60. The molecule has 0 unspecified atom stereocenters. The van der Waals surface area contributed by atoms with E-state index < -0.39 is 12.0 Å². The van der Waals surface area contributed by atoms with Gasteiger partial charge in [0.25, 0.3) is 0 Å². The van der Waals surface area contributed by atoms with Crippen LogP contribution in [0.5, 0.6) is 0 Å². The highest BCUT2D eigenvalue weighted by Gasteiger charge is 2.46. The minimum Gasteiger partial charge on any atom is -0.466 e. The normalized spacial score (nSPS) is 22.3. The molecule has 0 radical (unpaired) electrons. The van der Waals surface area contributed by atoms with Crippen molar-refractivity contribution in [1.82, 2.24) is 5.32 Å². The predicted octanol–water partition coefficient (Wildman–Crippen LogP) is 0.643. The van der Waals surface area contributed by atoms with Gasteiger partial charge < -0.3 is 14.8 Å². The van der Waals surface area contributed by atoms with Gasteiger partial charge in [-0.15, -0.1) is 0 Å². The van der Waals surface area contributed by atoms with Gasteiger partial charge in [-0.05, 0) is 32.6 Å². The van der Waals surface area contributed by atoms with Crippen LogP contribution >= 0.6 is 0 Å². The zero-order valence-corrected chi connectivity index (χ0v) is 11.6. The SMILES string of the molecule is CCOC(=O)[C@H](C[C@@H]1C[C@@H]1C(=O)OCC)NC(C)=O. The molecule has 6 heteroatoms. The van der Waals surface area contributed by atoms with Crippen molar-refractivity contribution in [1.29, 1.82) is 0 Å². The largest absolute Gasteiger partial charge is 0.466 e. The summed E-state index contributed by atoms with van der Waals surface area (Å²) in [5, 5.41) is 2.56. The van der Waals surface area contributed by atoms with Crippen LogP contribution in [0.4, 0.5) is 0 Å². The van der Waals surface area contributed by atoms with E-state index >= 15 is 0 Å². The van der Waals surface area contributed by atoms with E-state index in [-0.39, 0.29) is 30.3 Å². The molecule has 1 fully saturated rings. The maximum Gasteiger partial charge on any atom is 0.328 e. The van der Waals surface area contributed by atoms with E-state index in [0.29, 0.717) is 19.4 Å². The van der Waals surface area contributed by atoms with Gasteiger partial charge in [0.05, 0.1) is 19.1 Å². The zero-order valence-electron chi connectivity index (χ0n) is 11.6. The molecule has 1 saturated carbocycles. The van der Waals surface area contributed by atoms with Crippen LogP contribution in [0.15, 0.2) is 0 Å². The van der Waals surface area contributed by atoms with Gasteiger partial charge in [-0.1, -0.05) is 0 Å². The minimum atomic E-state index is -0.679. The van der Waals surface area contributed by atoms with Crippen molar-refractivity contribution in [3.05, 3.63) is 0 Å². The van der Waals surface area contributed by atoms with Gasteiger partial charge in [0, 0.05) is 6.92 Å². The Hall–Kier alpha value is -1.59. The summed E-state index contributed by atoms with van der Waals surface area (Å²) in [6, 6.07) is -0.679. The van der Waals surface area contributed by atoms with Crippen LogP contribution in [0.2, 0.25) is 0 Å². The highest BCUT2D eigenvalue weighted by molar-refractivity contribution is 5.83. The molecule has 1 N–H and O–H groups in total. The molecule has 0 heterocycles. The number of hydrogen-bond acceptors (Lipinski definition) is 5. The standard InChI is InChI=1S/C13H21NO5/c1-4-18-12(16)10-6-9(10)7-11(14-8(3)15)13(17)19-5-2/h9-11H,4-7H2,1-3H3,(H,14,15)/t9-,10-,11-/m0/s1. The van der Waals surface area contributed by atoms with E-state index in [4.69, 9.17) is 9.47 Å². The highest BCUT2D eigenvalue weighted by atomic mass is 16.5. The van der Waals surface area contributed by atoms with Crippen molar-refractivity contribution in [3.8, 4) is 0 Å². The van der Waals surface area contributed by atoms with Crippen molar-refractivity contribution >= 4 is 17.8 Å². The monoisotopic (exact) mass is 271 g/mol. The maximum absolute atomic E-state index is 11.7. The maximum atomic E-state index is 11.7. The van der Waals surface area contributed by atoms with E-state index in [1.807, 2.05) is 0 Å². The van der Waals surface area contributed by atoms with E-state index in [1.54, 1.807) is 13.8 Å². The number of nitrogens with one attached hydrogen (secondary N) is 1. The van der Waals surface area contributed by atoms with Crippen molar-refractivity contribution in [2.24, 2.45) is 11.8 Å². The minimum absolute atomic E-state index is 0.0836. The van der Waals surface area contributed by atoms with E-state index in [1.165, 1.54) is 6.92 Å². The number of ether oxygens (including phenoxy) is 2. The van der Waals surface area contributed by atoms with Crippen LogP contribution < -0.4 is 5.32 Å². The molecule has 1 rings (SSSR count). The van der Waals surface area contributed by atoms with Gasteiger partial charge >= 0.3 is 11.9 Å². The van der Waals surface area contributed by atoms with E-state index in [9.17, 15) is 14.4 Å². The first kappa shape index (κ1) is 15.5. The summed E-state index contributed by atoms with van der Waals surface area (Å²) in [6.45, 7) is 5.44. The summed E-state index contributed by atoms with van der Waals surface area (Å²) in [6.07, 6.45) is 1.12. The summed E-state index contributed by atoms with van der Waals surface area (Å²) in [4.78, 5) is 34.3. The molecule has 0 saturated heterocycles. The third kappa shape index (κ3) is 4.89. The Labute approximate surface area is 112 Å². The molecule has 0 aromatic rings. The van der Waals surface area contributed by atoms with Crippen molar-refractivity contribution in [3.63, 3.8) is 0 Å². The molecule has 0 spiro atoms. The fourth-order valence-electron chi connectivity index (χ4n) is 2.05. The fourth-order valence-corrected chi connectivity index (χ4v) is 2.05. The Balaban J connectivity index is 2.48. The Bertz CT molecular complexity index is 355. The molecule has 108 valence electrons. The van der Waals surface area contributed by atoms with Gasteiger partial charge in [-0.25, -0.2) is 4.79 Å². The second kappa shape index (κ2) is 7.11. The molecular weight excluding hydrogens is 250 g/mol. The molecule has 3 atom stereocenters. The number of amides is 1. The Kier molecular flexibility index (Phi) is 5.79. The molecule has 0 aliphatic heterocycles. The number of carbonyl (C=O) groups is 3. The number of rotatable bonds is 7. The van der Waals surface area contributed by atoms with Crippen molar-refractivity contribution < 1.29 is 23.9 Å². The van der Waals surface area contributed by atoms with Crippen molar-refractivity contribution in [2.45, 2.75) is 39.7 Å². The number of esters is 2. The fraction of sp³-hybridized carbons (Fsp3) is 0.769. The van der Waals surface area contributed by atoms with Gasteiger partial charge in [-0.2, -0.15) is 0 Å². The van der Waals surface area contributed by atoms with Crippen LogP contribution in [-0.2, 0) is 23.9 Å². The first-order valence-corrected chi connectivity index (χ1v) is 6.59. The third-order valence-electron chi connectivity index (χ3n) is 3.00. The van der Waals surface area contributed by atoms with Gasteiger partial charge in [0.1, 0.15) is 6.04 Å². The van der Waals surface area contributed by atoms with Gasteiger partial charge in [0.15, 0.2) is 0 Å². The Morgan fingerprint density at radius 3 is 2.37 bits per heavy atom. The summed E-state index contributed by atoms with van der Waals surface area (Å²) in [7, 11) is 0. The lowest BCUT2D eigenvalue weighted by molar-refractivity contribution is -0.148. The zero-order chi connectivity index (χ0) is 14.4. The highest BCUT2D eigenvalue weighted by Crippen LogP contribution is 2.43. The first-order valence-electron chi connectivity index (χ1n) is 6.59. The molecule has 1 aliphatic carbocycles. The smallest absolute Gasteiger partial charge is 0.328 e. The lowest BCUT2D eigenvalue weighted by Gasteiger charge is -2.16. The molecule has 0 aromatic heterocycles. The van der Waals surface area contributed by atoms with Crippen LogP contribution in [-0.4, -0.2) is 37.1 Å². The molecule has 1 aliphatic rings. The quantitative estimate of drug-likeness (QED) is 0.687. The third-order valence-corrected chi connectivity index (χ3v) is 3.00. The lowest BCUT2D eigenvalue weighted by atomic mass is 10.1. The first-order chi connectivity index (χ1) is 8.99. The number of carbonyl (C=O) groups excluding carboxylic acids is 3. The molecular formula is C13H21NO5. The average molecular weight is 271 g/mol. The van der Waals surface area contributed by atoms with E-state index in [0.717, 1.165) is 0 Å². The Morgan fingerprint density at radius 1 is 1.21 bits per heavy atom.